The quantitative estimate of drug-likeness (QED) is 0.851. The maximum atomic E-state index is 11.4. The second kappa shape index (κ2) is 7.06. The second-order valence-corrected chi connectivity index (χ2v) is 5.11. The van der Waals surface area contributed by atoms with Crippen LogP contribution in [0.25, 0.3) is 0 Å². The molecule has 0 spiro atoms. The first kappa shape index (κ1) is 14.6. The molecular formula is C13H17NO3S. The Morgan fingerprint density at radius 2 is 1.83 bits per heavy atom. The van der Waals surface area contributed by atoms with Crippen LogP contribution in [0.2, 0.25) is 0 Å². The van der Waals surface area contributed by atoms with E-state index in [-0.39, 0.29) is 12.3 Å². The van der Waals surface area contributed by atoms with Crippen molar-refractivity contribution in [2.45, 2.75) is 12.2 Å². The number of carboxylic acid groups (broad SMARTS) is 1. The lowest BCUT2D eigenvalue weighted by molar-refractivity contribution is -0.136. The van der Waals surface area contributed by atoms with Crippen molar-refractivity contribution < 1.29 is 14.7 Å². The van der Waals surface area contributed by atoms with Crippen LogP contribution in [0, 0.1) is 0 Å². The van der Waals surface area contributed by atoms with Crippen molar-refractivity contribution in [1.82, 2.24) is 4.90 Å². The molecule has 0 aliphatic heterocycles. The summed E-state index contributed by atoms with van der Waals surface area (Å²) in [5, 5.41) is 8.81. The van der Waals surface area contributed by atoms with Gasteiger partial charge in [0.15, 0.2) is 0 Å². The van der Waals surface area contributed by atoms with E-state index in [1.54, 1.807) is 19.0 Å². The molecule has 0 bridgehead atoms. The SMILES string of the molecule is CN(C)C(=O)CSCc1ccccc1CC(=O)O. The smallest absolute Gasteiger partial charge is 0.307 e. The van der Waals surface area contributed by atoms with Gasteiger partial charge in [0.05, 0.1) is 12.2 Å². The van der Waals surface area contributed by atoms with Crippen LogP contribution in [-0.2, 0) is 21.8 Å². The summed E-state index contributed by atoms with van der Waals surface area (Å²) in [7, 11) is 3.45. The second-order valence-electron chi connectivity index (χ2n) is 4.12. The average molecular weight is 267 g/mol. The lowest BCUT2D eigenvalue weighted by Gasteiger charge is -2.10. The number of amides is 1. The Labute approximate surface area is 111 Å². The van der Waals surface area contributed by atoms with Crippen LogP contribution in [0.4, 0.5) is 0 Å². The normalized spacial score (nSPS) is 10.1. The molecule has 1 rings (SSSR count). The zero-order valence-electron chi connectivity index (χ0n) is 10.5. The molecule has 1 aromatic carbocycles. The van der Waals surface area contributed by atoms with Crippen LogP contribution in [0.15, 0.2) is 24.3 Å². The molecule has 1 amide bonds. The predicted molar refractivity (Wildman–Crippen MR) is 72.6 cm³/mol. The van der Waals surface area contributed by atoms with Gasteiger partial charge in [-0.05, 0) is 11.1 Å². The molecule has 0 atom stereocenters. The van der Waals surface area contributed by atoms with Gasteiger partial charge in [0.2, 0.25) is 5.91 Å². The molecule has 4 nitrogen and oxygen atoms in total. The maximum Gasteiger partial charge on any atom is 0.307 e. The first-order valence-corrected chi connectivity index (χ1v) is 6.72. The molecule has 0 aliphatic carbocycles. The van der Waals surface area contributed by atoms with Crippen molar-refractivity contribution in [3.63, 3.8) is 0 Å². The number of benzene rings is 1. The van der Waals surface area contributed by atoms with Crippen LogP contribution in [-0.4, -0.2) is 41.7 Å². The van der Waals surface area contributed by atoms with E-state index in [2.05, 4.69) is 0 Å². The lowest BCUT2D eigenvalue weighted by atomic mass is 10.1. The highest BCUT2D eigenvalue weighted by molar-refractivity contribution is 7.99. The van der Waals surface area contributed by atoms with E-state index in [4.69, 9.17) is 5.11 Å². The van der Waals surface area contributed by atoms with Gasteiger partial charge in [0.1, 0.15) is 0 Å². The fourth-order valence-corrected chi connectivity index (χ4v) is 2.45. The maximum absolute atomic E-state index is 11.4. The average Bonchev–Trinajstić information content (AvgIpc) is 2.30. The number of rotatable bonds is 6. The molecule has 0 aromatic heterocycles. The molecule has 0 radical (unpaired) electrons. The predicted octanol–water partition coefficient (Wildman–Crippen LogP) is 1.64. The Hall–Kier alpha value is -1.49. The summed E-state index contributed by atoms with van der Waals surface area (Å²) in [6, 6.07) is 7.44. The number of carbonyl (C=O) groups is 2. The van der Waals surface area contributed by atoms with Gasteiger partial charge < -0.3 is 10.0 Å². The summed E-state index contributed by atoms with van der Waals surface area (Å²) < 4.78 is 0. The van der Waals surface area contributed by atoms with Crippen molar-refractivity contribution in [3.8, 4) is 0 Å². The highest BCUT2D eigenvalue weighted by atomic mass is 32.2. The van der Waals surface area contributed by atoms with Crippen molar-refractivity contribution in [2.75, 3.05) is 19.8 Å². The zero-order chi connectivity index (χ0) is 13.5. The monoisotopic (exact) mass is 267 g/mol. The van der Waals surface area contributed by atoms with Gasteiger partial charge in [-0.25, -0.2) is 0 Å². The summed E-state index contributed by atoms with van der Waals surface area (Å²) in [5.41, 5.74) is 1.80. The highest BCUT2D eigenvalue weighted by Crippen LogP contribution is 2.17. The Kier molecular flexibility index (Phi) is 5.71. The van der Waals surface area contributed by atoms with Crippen LogP contribution >= 0.6 is 11.8 Å². The number of carboxylic acids is 1. The van der Waals surface area contributed by atoms with E-state index in [1.807, 2.05) is 24.3 Å². The third-order valence-corrected chi connectivity index (χ3v) is 3.41. The van der Waals surface area contributed by atoms with E-state index in [0.717, 1.165) is 11.1 Å². The molecule has 0 saturated carbocycles. The van der Waals surface area contributed by atoms with Gasteiger partial charge >= 0.3 is 5.97 Å². The Bertz CT molecular complexity index is 432. The number of thioether (sulfide) groups is 1. The standard InChI is InChI=1S/C13H17NO3S/c1-14(2)12(15)9-18-8-11-6-4-3-5-10(11)7-13(16)17/h3-6H,7-9H2,1-2H3,(H,16,17). The molecular weight excluding hydrogens is 250 g/mol. The Balaban J connectivity index is 2.56. The number of carbonyl (C=O) groups excluding carboxylic acids is 1. The van der Waals surface area contributed by atoms with Gasteiger partial charge in [-0.3, -0.25) is 9.59 Å². The molecule has 98 valence electrons. The fourth-order valence-electron chi connectivity index (χ4n) is 1.41. The van der Waals surface area contributed by atoms with Crippen molar-refractivity contribution >= 4 is 23.6 Å². The van der Waals surface area contributed by atoms with Gasteiger partial charge in [0, 0.05) is 19.8 Å². The molecule has 5 heteroatoms. The number of hydrogen-bond acceptors (Lipinski definition) is 3. The van der Waals surface area contributed by atoms with Gasteiger partial charge in [-0.1, -0.05) is 24.3 Å². The van der Waals surface area contributed by atoms with Crippen LogP contribution in [0.5, 0.6) is 0 Å². The number of hydrogen-bond donors (Lipinski definition) is 1. The van der Waals surface area contributed by atoms with Crippen molar-refractivity contribution in [2.24, 2.45) is 0 Å². The van der Waals surface area contributed by atoms with E-state index in [0.29, 0.717) is 11.5 Å². The number of nitrogens with zero attached hydrogens (tertiary/aromatic N) is 1. The van der Waals surface area contributed by atoms with Gasteiger partial charge in [-0.2, -0.15) is 0 Å². The summed E-state index contributed by atoms with van der Waals surface area (Å²) in [5.74, 6) is 0.296. The minimum Gasteiger partial charge on any atom is -0.481 e. The minimum atomic E-state index is -0.836. The molecule has 0 heterocycles. The third-order valence-electron chi connectivity index (χ3n) is 2.44. The number of aliphatic carboxylic acids is 1. The molecule has 0 unspecified atom stereocenters. The van der Waals surface area contributed by atoms with Crippen molar-refractivity contribution in [3.05, 3.63) is 35.4 Å². The summed E-state index contributed by atoms with van der Waals surface area (Å²) in [6.07, 6.45) is 0.0262. The van der Waals surface area contributed by atoms with E-state index >= 15 is 0 Å². The molecule has 18 heavy (non-hydrogen) atoms. The summed E-state index contributed by atoms with van der Waals surface area (Å²) in [6.45, 7) is 0. The molecule has 1 aromatic rings. The third kappa shape index (κ3) is 4.79. The van der Waals surface area contributed by atoms with Crippen molar-refractivity contribution in [1.29, 1.82) is 0 Å². The largest absolute Gasteiger partial charge is 0.481 e. The van der Waals surface area contributed by atoms with Crippen LogP contribution < -0.4 is 0 Å². The highest BCUT2D eigenvalue weighted by Gasteiger charge is 2.08. The minimum absolute atomic E-state index is 0.0262. The van der Waals surface area contributed by atoms with Crippen LogP contribution in [0.3, 0.4) is 0 Å². The lowest BCUT2D eigenvalue weighted by Crippen LogP contribution is -2.23. The summed E-state index contributed by atoms with van der Waals surface area (Å²) >= 11 is 1.50. The van der Waals surface area contributed by atoms with Gasteiger partial charge in [0.25, 0.3) is 0 Å². The van der Waals surface area contributed by atoms with Crippen LogP contribution in [0.1, 0.15) is 11.1 Å². The first-order chi connectivity index (χ1) is 8.50. The fraction of sp³-hybridized carbons (Fsp3) is 0.385. The molecule has 0 saturated heterocycles. The Morgan fingerprint density at radius 3 is 2.39 bits per heavy atom. The zero-order valence-corrected chi connectivity index (χ0v) is 11.4. The molecule has 0 fully saturated rings. The van der Waals surface area contributed by atoms with E-state index in [1.165, 1.54) is 11.8 Å². The van der Waals surface area contributed by atoms with E-state index < -0.39 is 5.97 Å². The Morgan fingerprint density at radius 1 is 1.22 bits per heavy atom. The molecule has 0 aliphatic rings. The first-order valence-electron chi connectivity index (χ1n) is 5.57. The van der Waals surface area contributed by atoms with Gasteiger partial charge in [-0.15, -0.1) is 11.8 Å². The van der Waals surface area contributed by atoms with E-state index in [9.17, 15) is 9.59 Å². The topological polar surface area (TPSA) is 57.6 Å². The molecule has 1 N–H and O–H groups in total. The summed E-state index contributed by atoms with van der Waals surface area (Å²) in [4.78, 5) is 23.7.